The highest BCUT2D eigenvalue weighted by molar-refractivity contribution is 5.80. The Morgan fingerprint density at radius 1 is 1.47 bits per heavy atom. The third kappa shape index (κ3) is 3.80. The zero-order valence-corrected chi connectivity index (χ0v) is 9.62. The summed E-state index contributed by atoms with van der Waals surface area (Å²) in [7, 11) is 1.63. The molecule has 1 aliphatic carbocycles. The molecule has 1 saturated carbocycles. The molecule has 0 aromatic carbocycles. The van der Waals surface area contributed by atoms with E-state index in [1.807, 2.05) is 6.92 Å². The van der Waals surface area contributed by atoms with Crippen molar-refractivity contribution >= 4 is 5.91 Å². The number of hydrogen-bond donors (Lipinski definition) is 3. The number of carbonyl (C=O) groups is 1. The predicted molar refractivity (Wildman–Crippen MR) is 59.5 cm³/mol. The molecule has 88 valence electrons. The molecular weight excluding hydrogens is 192 g/mol. The monoisotopic (exact) mass is 214 g/mol. The van der Waals surface area contributed by atoms with Crippen LogP contribution in [-0.4, -0.2) is 36.8 Å². The summed E-state index contributed by atoms with van der Waals surface area (Å²) < 4.78 is 0. The van der Waals surface area contributed by atoms with E-state index in [-0.39, 0.29) is 18.1 Å². The average Bonchev–Trinajstić information content (AvgIpc) is 2.26. The quantitative estimate of drug-likeness (QED) is 0.629. The van der Waals surface area contributed by atoms with E-state index in [1.165, 1.54) is 6.42 Å². The molecule has 4 nitrogen and oxygen atoms in total. The predicted octanol–water partition coefficient (Wildman–Crippen LogP) is 0.262. The van der Waals surface area contributed by atoms with Gasteiger partial charge in [0.05, 0.1) is 12.1 Å². The number of likely N-dealkylation sites (N-methyl/N-ethyl adjacent to an activating group) is 1. The zero-order valence-electron chi connectivity index (χ0n) is 9.62. The zero-order chi connectivity index (χ0) is 11.3. The van der Waals surface area contributed by atoms with Crippen molar-refractivity contribution in [2.24, 2.45) is 5.92 Å². The van der Waals surface area contributed by atoms with Crippen LogP contribution in [0.2, 0.25) is 0 Å². The van der Waals surface area contributed by atoms with E-state index in [4.69, 9.17) is 0 Å². The fraction of sp³-hybridized carbons (Fsp3) is 0.909. The molecule has 0 aromatic heterocycles. The molecule has 1 aliphatic rings. The summed E-state index contributed by atoms with van der Waals surface area (Å²) in [6.45, 7) is 2.57. The number of hydrogen-bond acceptors (Lipinski definition) is 3. The van der Waals surface area contributed by atoms with E-state index < -0.39 is 0 Å². The van der Waals surface area contributed by atoms with Crippen LogP contribution in [-0.2, 0) is 4.79 Å². The molecule has 1 fully saturated rings. The lowest BCUT2D eigenvalue weighted by atomic mass is 9.86. The van der Waals surface area contributed by atoms with Crippen LogP contribution in [0.4, 0.5) is 0 Å². The largest absolute Gasteiger partial charge is 0.393 e. The van der Waals surface area contributed by atoms with E-state index in [9.17, 15) is 9.90 Å². The van der Waals surface area contributed by atoms with Crippen LogP contribution in [0.25, 0.3) is 0 Å². The third-order valence-electron chi connectivity index (χ3n) is 3.19. The maximum absolute atomic E-state index is 11.2. The van der Waals surface area contributed by atoms with Gasteiger partial charge in [-0.3, -0.25) is 4.79 Å². The van der Waals surface area contributed by atoms with Crippen LogP contribution >= 0.6 is 0 Å². The molecule has 3 atom stereocenters. The first-order chi connectivity index (χ1) is 7.15. The fourth-order valence-electron chi connectivity index (χ4n) is 2.06. The van der Waals surface area contributed by atoms with Gasteiger partial charge in [0.2, 0.25) is 5.91 Å². The molecule has 1 amide bonds. The number of amides is 1. The van der Waals surface area contributed by atoms with Gasteiger partial charge in [-0.15, -0.1) is 0 Å². The van der Waals surface area contributed by atoms with Gasteiger partial charge in [0, 0.05) is 13.6 Å². The summed E-state index contributed by atoms with van der Waals surface area (Å²) in [5.41, 5.74) is 0. The minimum absolute atomic E-state index is 0.000277. The normalized spacial score (nSPS) is 28.5. The summed E-state index contributed by atoms with van der Waals surface area (Å²) >= 11 is 0. The number of aliphatic hydroxyl groups excluding tert-OH is 1. The minimum Gasteiger partial charge on any atom is -0.393 e. The Morgan fingerprint density at radius 2 is 2.13 bits per heavy atom. The Balaban J connectivity index is 2.26. The van der Waals surface area contributed by atoms with E-state index in [1.54, 1.807) is 7.05 Å². The van der Waals surface area contributed by atoms with Crippen molar-refractivity contribution in [3.05, 3.63) is 0 Å². The Labute approximate surface area is 91.4 Å². The lowest BCUT2D eigenvalue weighted by Gasteiger charge is -2.28. The van der Waals surface area contributed by atoms with Gasteiger partial charge in [-0.25, -0.2) is 0 Å². The topological polar surface area (TPSA) is 61.4 Å². The SMILES string of the molecule is CNC(=O)C(C)NCC1CCCCC1O. The molecule has 0 radical (unpaired) electrons. The van der Waals surface area contributed by atoms with Gasteiger partial charge >= 0.3 is 0 Å². The molecule has 1 rings (SSSR count). The maximum atomic E-state index is 11.2. The number of aliphatic hydroxyl groups is 1. The van der Waals surface area contributed by atoms with Crippen molar-refractivity contribution in [3.63, 3.8) is 0 Å². The lowest BCUT2D eigenvalue weighted by molar-refractivity contribution is -0.122. The van der Waals surface area contributed by atoms with E-state index in [2.05, 4.69) is 10.6 Å². The third-order valence-corrected chi connectivity index (χ3v) is 3.19. The lowest BCUT2D eigenvalue weighted by Crippen LogP contribution is -2.44. The standard InChI is InChI=1S/C11H22N2O2/c1-8(11(15)12-2)13-7-9-5-3-4-6-10(9)14/h8-10,13-14H,3-7H2,1-2H3,(H,12,15). The van der Waals surface area contributed by atoms with Crippen molar-refractivity contribution < 1.29 is 9.90 Å². The highest BCUT2D eigenvalue weighted by Crippen LogP contribution is 2.23. The van der Waals surface area contributed by atoms with Gasteiger partial charge < -0.3 is 15.7 Å². The number of rotatable bonds is 4. The molecule has 15 heavy (non-hydrogen) atoms. The molecule has 0 spiro atoms. The summed E-state index contributed by atoms with van der Waals surface area (Å²) in [5, 5.41) is 15.5. The average molecular weight is 214 g/mol. The van der Waals surface area contributed by atoms with Crippen LogP contribution < -0.4 is 10.6 Å². The van der Waals surface area contributed by atoms with Crippen molar-refractivity contribution in [2.45, 2.75) is 44.8 Å². The Morgan fingerprint density at radius 3 is 2.73 bits per heavy atom. The van der Waals surface area contributed by atoms with Gasteiger partial charge in [0.1, 0.15) is 0 Å². The second kappa shape index (κ2) is 6.08. The molecular formula is C11H22N2O2. The van der Waals surface area contributed by atoms with Crippen molar-refractivity contribution in [2.75, 3.05) is 13.6 Å². The Hall–Kier alpha value is -0.610. The molecule has 0 heterocycles. The number of carbonyl (C=O) groups excluding carboxylic acids is 1. The summed E-state index contributed by atoms with van der Waals surface area (Å²) in [6, 6.07) is -0.177. The van der Waals surface area contributed by atoms with Crippen LogP contribution in [0.15, 0.2) is 0 Å². The van der Waals surface area contributed by atoms with Crippen LogP contribution in [0.1, 0.15) is 32.6 Å². The van der Waals surface area contributed by atoms with Crippen molar-refractivity contribution in [1.29, 1.82) is 0 Å². The van der Waals surface area contributed by atoms with Crippen LogP contribution in [0, 0.1) is 5.92 Å². The highest BCUT2D eigenvalue weighted by Gasteiger charge is 2.23. The van der Waals surface area contributed by atoms with Gasteiger partial charge in [-0.1, -0.05) is 12.8 Å². The van der Waals surface area contributed by atoms with Crippen molar-refractivity contribution in [1.82, 2.24) is 10.6 Å². The summed E-state index contributed by atoms with van der Waals surface area (Å²) in [4.78, 5) is 11.2. The van der Waals surface area contributed by atoms with Gasteiger partial charge in [-0.2, -0.15) is 0 Å². The molecule has 0 saturated heterocycles. The Bertz CT molecular complexity index is 209. The molecule has 3 N–H and O–H groups in total. The van der Waals surface area contributed by atoms with Gasteiger partial charge in [0.25, 0.3) is 0 Å². The molecule has 4 heteroatoms. The van der Waals surface area contributed by atoms with E-state index in [0.29, 0.717) is 5.92 Å². The van der Waals surface area contributed by atoms with Gasteiger partial charge in [-0.05, 0) is 25.7 Å². The van der Waals surface area contributed by atoms with Gasteiger partial charge in [0.15, 0.2) is 0 Å². The second-order valence-electron chi connectivity index (χ2n) is 4.36. The van der Waals surface area contributed by atoms with Crippen LogP contribution in [0.5, 0.6) is 0 Å². The fourth-order valence-corrected chi connectivity index (χ4v) is 2.06. The molecule has 0 aliphatic heterocycles. The summed E-state index contributed by atoms with van der Waals surface area (Å²) in [6.07, 6.45) is 4.10. The molecule has 0 aromatic rings. The minimum atomic E-state index is -0.192. The maximum Gasteiger partial charge on any atom is 0.236 e. The molecule has 0 bridgehead atoms. The summed E-state index contributed by atoms with van der Waals surface area (Å²) in [5.74, 6) is 0.311. The first kappa shape index (κ1) is 12.5. The second-order valence-corrected chi connectivity index (χ2v) is 4.36. The smallest absolute Gasteiger partial charge is 0.236 e. The van der Waals surface area contributed by atoms with Crippen molar-refractivity contribution in [3.8, 4) is 0 Å². The van der Waals surface area contributed by atoms with Crippen LogP contribution in [0.3, 0.4) is 0 Å². The highest BCUT2D eigenvalue weighted by atomic mass is 16.3. The number of nitrogens with one attached hydrogen (secondary N) is 2. The molecule has 3 unspecified atom stereocenters. The first-order valence-corrected chi connectivity index (χ1v) is 5.78. The van der Waals surface area contributed by atoms with E-state index >= 15 is 0 Å². The Kier molecular flexibility index (Phi) is 5.05. The van der Waals surface area contributed by atoms with E-state index in [0.717, 1.165) is 25.8 Å². The first-order valence-electron chi connectivity index (χ1n) is 5.78.